The highest BCUT2D eigenvalue weighted by Gasteiger charge is 2.21. The molecule has 0 aliphatic heterocycles. The molecule has 0 spiro atoms. The number of carboxylic acids is 1. The van der Waals surface area contributed by atoms with Gasteiger partial charge in [0, 0.05) is 17.4 Å². The van der Waals surface area contributed by atoms with Gasteiger partial charge in [-0.2, -0.15) is 0 Å². The zero-order valence-corrected chi connectivity index (χ0v) is 15.2. The van der Waals surface area contributed by atoms with Crippen LogP contribution < -0.4 is 5.32 Å². The van der Waals surface area contributed by atoms with Crippen LogP contribution in [-0.4, -0.2) is 27.3 Å². The molecule has 29 heavy (non-hydrogen) atoms. The van der Waals surface area contributed by atoms with Crippen molar-refractivity contribution in [2.45, 2.75) is 0 Å². The molecule has 0 saturated heterocycles. The lowest BCUT2D eigenvalue weighted by molar-refractivity contribution is -0.131. The van der Waals surface area contributed by atoms with Crippen molar-refractivity contribution in [1.82, 2.24) is 4.57 Å². The molecule has 4 aromatic rings. The number of hydrogen-bond acceptors (Lipinski definition) is 3. The number of benzene rings is 3. The van der Waals surface area contributed by atoms with Gasteiger partial charge in [0.05, 0.1) is 16.8 Å². The van der Waals surface area contributed by atoms with Gasteiger partial charge < -0.3 is 15.0 Å². The summed E-state index contributed by atoms with van der Waals surface area (Å²) in [6.45, 7) is 0. The molecule has 0 fully saturated rings. The van der Waals surface area contributed by atoms with E-state index in [-0.39, 0.29) is 11.3 Å². The van der Waals surface area contributed by atoms with Crippen molar-refractivity contribution in [3.63, 3.8) is 0 Å². The number of para-hydroxylation sites is 1. The summed E-state index contributed by atoms with van der Waals surface area (Å²) >= 11 is 0. The first-order valence-corrected chi connectivity index (χ1v) is 8.89. The minimum Gasteiger partial charge on any atom is -0.475 e. The van der Waals surface area contributed by atoms with E-state index < -0.39 is 17.7 Å². The van der Waals surface area contributed by atoms with E-state index in [1.165, 1.54) is 6.07 Å². The first-order valence-electron chi connectivity index (χ1n) is 8.89. The van der Waals surface area contributed by atoms with E-state index in [1.807, 2.05) is 41.1 Å². The number of carbonyl (C=O) groups excluding carboxylic acids is 2. The van der Waals surface area contributed by atoms with E-state index in [9.17, 15) is 14.4 Å². The van der Waals surface area contributed by atoms with Crippen LogP contribution in [0, 0.1) is 0 Å². The smallest absolute Gasteiger partial charge is 0.377 e. The highest BCUT2D eigenvalue weighted by Crippen LogP contribution is 2.26. The Bertz CT molecular complexity index is 1240. The summed E-state index contributed by atoms with van der Waals surface area (Å²) in [6.07, 6.45) is 1.88. The predicted octanol–water partition coefficient (Wildman–Crippen LogP) is 4.15. The quantitative estimate of drug-likeness (QED) is 0.400. The molecule has 6 nitrogen and oxygen atoms in total. The van der Waals surface area contributed by atoms with Crippen LogP contribution in [0.5, 0.6) is 0 Å². The lowest BCUT2D eigenvalue weighted by Crippen LogP contribution is -2.19. The standard InChI is InChI=1S/C23H16N2O4/c26-21(23(28)29)18-11-10-17(25-13-12-15-6-4-5-9-20(15)25)14-19(18)24-22(27)16-7-2-1-3-8-16/h1-14H,(H,24,27)(H,28,29). The molecule has 0 atom stereocenters. The molecule has 0 unspecified atom stereocenters. The molecule has 0 saturated carbocycles. The third-order valence-electron chi connectivity index (χ3n) is 4.60. The molecule has 0 radical (unpaired) electrons. The number of ketones is 1. The van der Waals surface area contributed by atoms with Crippen molar-refractivity contribution < 1.29 is 19.5 Å². The number of fused-ring (bicyclic) bond motifs is 1. The van der Waals surface area contributed by atoms with Gasteiger partial charge in [0.15, 0.2) is 0 Å². The maximum atomic E-state index is 12.6. The number of nitrogens with one attached hydrogen (secondary N) is 1. The molecule has 142 valence electrons. The second kappa shape index (κ2) is 7.44. The molecule has 2 N–H and O–H groups in total. The molecule has 1 amide bonds. The molecular weight excluding hydrogens is 368 g/mol. The Balaban J connectivity index is 1.80. The molecule has 0 bridgehead atoms. The van der Waals surface area contributed by atoms with Crippen LogP contribution in [0.25, 0.3) is 16.6 Å². The van der Waals surface area contributed by atoms with Crippen molar-refractivity contribution in [2.24, 2.45) is 0 Å². The lowest BCUT2D eigenvalue weighted by atomic mass is 10.1. The third-order valence-corrected chi connectivity index (χ3v) is 4.60. The molecule has 4 rings (SSSR count). The summed E-state index contributed by atoms with van der Waals surface area (Å²) < 4.78 is 1.91. The number of Topliss-reactive ketones (excluding diaryl/α,β-unsaturated/α-hetero) is 1. The van der Waals surface area contributed by atoms with Gasteiger partial charge in [-0.15, -0.1) is 0 Å². The van der Waals surface area contributed by atoms with Gasteiger partial charge in [0.25, 0.3) is 11.7 Å². The maximum absolute atomic E-state index is 12.6. The fourth-order valence-corrected chi connectivity index (χ4v) is 3.19. The molecule has 1 heterocycles. The van der Waals surface area contributed by atoms with Gasteiger partial charge in [-0.25, -0.2) is 4.79 Å². The molecule has 0 aliphatic rings. The van der Waals surface area contributed by atoms with Gasteiger partial charge in [-0.3, -0.25) is 9.59 Å². The van der Waals surface area contributed by atoms with E-state index in [1.54, 1.807) is 42.5 Å². The third kappa shape index (κ3) is 3.51. The summed E-state index contributed by atoms with van der Waals surface area (Å²) in [5.41, 5.74) is 2.10. The number of anilines is 1. The summed E-state index contributed by atoms with van der Waals surface area (Å²) in [7, 11) is 0. The number of nitrogens with zero attached hydrogens (tertiary/aromatic N) is 1. The minimum atomic E-state index is -1.58. The number of hydrogen-bond donors (Lipinski definition) is 2. The first kappa shape index (κ1) is 18.2. The molecule has 0 aliphatic carbocycles. The predicted molar refractivity (Wildman–Crippen MR) is 110 cm³/mol. The Hall–Kier alpha value is -4.19. The molecule has 3 aromatic carbocycles. The van der Waals surface area contributed by atoms with Gasteiger partial charge in [-0.1, -0.05) is 36.4 Å². The fraction of sp³-hybridized carbons (Fsp3) is 0. The fourth-order valence-electron chi connectivity index (χ4n) is 3.19. The highest BCUT2D eigenvalue weighted by molar-refractivity contribution is 6.41. The van der Waals surface area contributed by atoms with Crippen LogP contribution in [0.3, 0.4) is 0 Å². The van der Waals surface area contributed by atoms with Gasteiger partial charge in [-0.05, 0) is 47.9 Å². The molecule has 6 heteroatoms. The average Bonchev–Trinajstić information content (AvgIpc) is 3.18. The van der Waals surface area contributed by atoms with Gasteiger partial charge >= 0.3 is 5.97 Å². The normalized spacial score (nSPS) is 10.6. The van der Waals surface area contributed by atoms with Gasteiger partial charge in [0.2, 0.25) is 0 Å². The first-order chi connectivity index (χ1) is 14.0. The number of carboxylic acid groups (broad SMARTS) is 1. The van der Waals surface area contributed by atoms with E-state index in [2.05, 4.69) is 5.32 Å². The largest absolute Gasteiger partial charge is 0.475 e. The topological polar surface area (TPSA) is 88.4 Å². The zero-order valence-electron chi connectivity index (χ0n) is 15.2. The molecular formula is C23H16N2O4. The van der Waals surface area contributed by atoms with Crippen LogP contribution >= 0.6 is 0 Å². The SMILES string of the molecule is O=C(O)C(=O)c1ccc(-n2ccc3ccccc32)cc1NC(=O)c1ccccc1. The average molecular weight is 384 g/mol. The van der Waals surface area contributed by atoms with Crippen molar-refractivity contribution in [3.05, 3.63) is 96.2 Å². The number of amides is 1. The summed E-state index contributed by atoms with van der Waals surface area (Å²) in [5.74, 6) is -3.10. The summed E-state index contributed by atoms with van der Waals surface area (Å²) in [6, 6.07) is 22.9. The van der Waals surface area contributed by atoms with Crippen molar-refractivity contribution >= 4 is 34.3 Å². The van der Waals surface area contributed by atoms with Crippen LogP contribution in [0.1, 0.15) is 20.7 Å². The number of aliphatic carboxylic acids is 1. The van der Waals surface area contributed by atoms with E-state index >= 15 is 0 Å². The Labute approximate surface area is 166 Å². The maximum Gasteiger partial charge on any atom is 0.377 e. The van der Waals surface area contributed by atoms with E-state index in [4.69, 9.17) is 5.11 Å². The van der Waals surface area contributed by atoms with Crippen LogP contribution in [0.2, 0.25) is 0 Å². The Morgan fingerprint density at radius 2 is 1.55 bits per heavy atom. The highest BCUT2D eigenvalue weighted by atomic mass is 16.4. The van der Waals surface area contributed by atoms with Gasteiger partial charge in [0.1, 0.15) is 0 Å². The Morgan fingerprint density at radius 3 is 2.31 bits per heavy atom. The zero-order chi connectivity index (χ0) is 20.4. The summed E-state index contributed by atoms with van der Waals surface area (Å²) in [4.78, 5) is 36.0. The second-order valence-electron chi connectivity index (χ2n) is 6.43. The van der Waals surface area contributed by atoms with Crippen LogP contribution in [0.15, 0.2) is 85.1 Å². The van der Waals surface area contributed by atoms with Crippen LogP contribution in [0.4, 0.5) is 5.69 Å². The van der Waals surface area contributed by atoms with Crippen molar-refractivity contribution in [3.8, 4) is 5.69 Å². The number of carbonyl (C=O) groups is 3. The van der Waals surface area contributed by atoms with Crippen molar-refractivity contribution in [1.29, 1.82) is 0 Å². The van der Waals surface area contributed by atoms with Crippen LogP contribution in [-0.2, 0) is 4.79 Å². The summed E-state index contributed by atoms with van der Waals surface area (Å²) in [5, 5.41) is 12.9. The van der Waals surface area contributed by atoms with E-state index in [0.717, 1.165) is 10.9 Å². The second-order valence-corrected chi connectivity index (χ2v) is 6.43. The molecule has 1 aromatic heterocycles. The monoisotopic (exact) mass is 384 g/mol. The Kier molecular flexibility index (Phi) is 4.66. The van der Waals surface area contributed by atoms with E-state index in [0.29, 0.717) is 11.3 Å². The van der Waals surface area contributed by atoms with Crippen molar-refractivity contribution in [2.75, 3.05) is 5.32 Å². The number of rotatable bonds is 5. The Morgan fingerprint density at radius 1 is 0.828 bits per heavy atom. The minimum absolute atomic E-state index is 0.0815. The lowest BCUT2D eigenvalue weighted by Gasteiger charge is -2.13. The number of aromatic nitrogens is 1.